The fourth-order valence-electron chi connectivity index (χ4n) is 2.64. The number of rotatable bonds is 5. The third kappa shape index (κ3) is 3.66. The average Bonchev–Trinajstić information content (AvgIpc) is 2.58. The number of aromatic nitrogens is 2. The Hall–Kier alpha value is -2.46. The number of anilines is 1. The maximum Gasteiger partial charge on any atom is 0.130 e. The van der Waals surface area contributed by atoms with Crippen molar-refractivity contribution in [2.45, 2.75) is 26.4 Å². The van der Waals surface area contributed by atoms with Gasteiger partial charge in [0, 0.05) is 18.3 Å². The Bertz CT molecular complexity index is 817. The highest BCUT2D eigenvalue weighted by molar-refractivity contribution is 5.83. The molecule has 0 spiro atoms. The predicted octanol–water partition coefficient (Wildman–Crippen LogP) is 3.65. The van der Waals surface area contributed by atoms with Gasteiger partial charge in [0.25, 0.3) is 0 Å². The number of hydrogen-bond donors (Lipinski definition) is 2. The quantitative estimate of drug-likeness (QED) is 0.755. The highest BCUT2D eigenvalue weighted by atomic mass is 16.3. The van der Waals surface area contributed by atoms with Crippen molar-refractivity contribution < 1.29 is 5.11 Å². The standard InChI is InChI=1S/C19H21N3O/c1-3-17-11-19(22-13(2)21-17)20-12-18(23)16-9-8-14-6-4-5-7-15(14)10-16/h4-11,18,23H,3,12H2,1-2H3,(H,20,21,22). The molecule has 4 heteroatoms. The molecule has 0 amide bonds. The van der Waals surface area contributed by atoms with E-state index < -0.39 is 6.10 Å². The van der Waals surface area contributed by atoms with E-state index in [-0.39, 0.29) is 0 Å². The van der Waals surface area contributed by atoms with Crippen LogP contribution in [-0.2, 0) is 6.42 Å². The molecule has 0 saturated heterocycles. The molecule has 0 saturated carbocycles. The van der Waals surface area contributed by atoms with Crippen molar-refractivity contribution >= 4 is 16.6 Å². The minimum Gasteiger partial charge on any atom is -0.387 e. The second-order valence-corrected chi connectivity index (χ2v) is 5.65. The molecule has 1 aromatic heterocycles. The highest BCUT2D eigenvalue weighted by Crippen LogP contribution is 2.21. The summed E-state index contributed by atoms with van der Waals surface area (Å²) < 4.78 is 0. The summed E-state index contributed by atoms with van der Waals surface area (Å²) in [5.74, 6) is 1.50. The normalized spacial score (nSPS) is 12.3. The SMILES string of the molecule is CCc1cc(NCC(O)c2ccc3ccccc3c2)nc(C)n1. The van der Waals surface area contributed by atoms with Crippen LogP contribution in [0.5, 0.6) is 0 Å². The van der Waals surface area contributed by atoms with E-state index in [1.165, 1.54) is 5.39 Å². The van der Waals surface area contributed by atoms with Gasteiger partial charge in [0.2, 0.25) is 0 Å². The smallest absolute Gasteiger partial charge is 0.130 e. The summed E-state index contributed by atoms with van der Waals surface area (Å²) in [5, 5.41) is 15.9. The van der Waals surface area contributed by atoms with E-state index in [9.17, 15) is 5.11 Å². The van der Waals surface area contributed by atoms with Crippen LogP contribution in [-0.4, -0.2) is 21.6 Å². The Kier molecular flexibility index (Phi) is 4.53. The first-order chi connectivity index (χ1) is 11.2. The lowest BCUT2D eigenvalue weighted by Crippen LogP contribution is -2.14. The maximum atomic E-state index is 10.4. The average molecular weight is 307 g/mol. The molecule has 0 aliphatic carbocycles. The number of aryl methyl sites for hydroxylation is 2. The van der Waals surface area contributed by atoms with Crippen LogP contribution in [0.4, 0.5) is 5.82 Å². The Morgan fingerprint density at radius 2 is 1.83 bits per heavy atom. The first kappa shape index (κ1) is 15.4. The van der Waals surface area contributed by atoms with E-state index in [0.29, 0.717) is 6.54 Å². The summed E-state index contributed by atoms with van der Waals surface area (Å²) >= 11 is 0. The molecule has 2 aromatic carbocycles. The van der Waals surface area contributed by atoms with E-state index in [0.717, 1.165) is 34.7 Å². The third-order valence-electron chi connectivity index (χ3n) is 3.89. The number of aliphatic hydroxyl groups is 1. The van der Waals surface area contributed by atoms with Gasteiger partial charge in [-0.05, 0) is 35.7 Å². The van der Waals surface area contributed by atoms with Gasteiger partial charge in [0.1, 0.15) is 11.6 Å². The molecule has 0 aliphatic rings. The molecular formula is C19H21N3O. The molecule has 1 atom stereocenters. The zero-order valence-corrected chi connectivity index (χ0v) is 13.5. The van der Waals surface area contributed by atoms with Crippen molar-refractivity contribution in [2.24, 2.45) is 0 Å². The van der Waals surface area contributed by atoms with Crippen molar-refractivity contribution in [3.63, 3.8) is 0 Å². The number of nitrogens with zero attached hydrogens (tertiary/aromatic N) is 2. The van der Waals surface area contributed by atoms with Crippen LogP contribution in [0, 0.1) is 6.92 Å². The topological polar surface area (TPSA) is 58.0 Å². The second kappa shape index (κ2) is 6.75. The van der Waals surface area contributed by atoms with Crippen molar-refractivity contribution in [1.29, 1.82) is 0 Å². The fraction of sp³-hybridized carbons (Fsp3) is 0.263. The summed E-state index contributed by atoms with van der Waals surface area (Å²) in [5.41, 5.74) is 1.90. The first-order valence-electron chi connectivity index (χ1n) is 7.91. The van der Waals surface area contributed by atoms with Crippen LogP contribution in [0.1, 0.15) is 30.1 Å². The summed E-state index contributed by atoms with van der Waals surface area (Å²) in [7, 11) is 0. The monoisotopic (exact) mass is 307 g/mol. The van der Waals surface area contributed by atoms with Crippen LogP contribution >= 0.6 is 0 Å². The van der Waals surface area contributed by atoms with Gasteiger partial charge >= 0.3 is 0 Å². The van der Waals surface area contributed by atoms with Gasteiger partial charge in [-0.1, -0.05) is 43.3 Å². The van der Waals surface area contributed by atoms with Crippen molar-refractivity contribution in [3.8, 4) is 0 Å². The van der Waals surface area contributed by atoms with Crippen molar-refractivity contribution in [2.75, 3.05) is 11.9 Å². The molecule has 2 N–H and O–H groups in total. The van der Waals surface area contributed by atoms with Gasteiger partial charge in [0.05, 0.1) is 6.10 Å². The van der Waals surface area contributed by atoms with Crippen LogP contribution in [0.15, 0.2) is 48.5 Å². The number of fused-ring (bicyclic) bond motifs is 1. The van der Waals surface area contributed by atoms with Gasteiger partial charge in [-0.2, -0.15) is 0 Å². The van der Waals surface area contributed by atoms with Crippen LogP contribution in [0.3, 0.4) is 0 Å². The van der Waals surface area contributed by atoms with Crippen LogP contribution < -0.4 is 5.32 Å². The lowest BCUT2D eigenvalue weighted by molar-refractivity contribution is 0.191. The molecule has 3 rings (SSSR count). The molecule has 1 unspecified atom stereocenters. The molecule has 1 heterocycles. The molecule has 0 aliphatic heterocycles. The molecule has 23 heavy (non-hydrogen) atoms. The number of aliphatic hydroxyl groups excluding tert-OH is 1. The predicted molar refractivity (Wildman–Crippen MR) is 93.5 cm³/mol. The van der Waals surface area contributed by atoms with E-state index in [4.69, 9.17) is 0 Å². The molecule has 0 bridgehead atoms. The fourth-order valence-corrected chi connectivity index (χ4v) is 2.64. The Morgan fingerprint density at radius 1 is 1.04 bits per heavy atom. The van der Waals surface area contributed by atoms with Gasteiger partial charge in [-0.25, -0.2) is 9.97 Å². The zero-order valence-electron chi connectivity index (χ0n) is 13.5. The van der Waals surface area contributed by atoms with Gasteiger partial charge in [0.15, 0.2) is 0 Å². The van der Waals surface area contributed by atoms with Gasteiger partial charge in [-0.15, -0.1) is 0 Å². The summed E-state index contributed by atoms with van der Waals surface area (Å²) in [4.78, 5) is 8.72. The van der Waals surface area contributed by atoms with Gasteiger partial charge in [-0.3, -0.25) is 0 Å². The summed E-state index contributed by atoms with van der Waals surface area (Å²) in [6.45, 7) is 4.36. The molecule has 0 fully saturated rings. The molecule has 118 valence electrons. The summed E-state index contributed by atoms with van der Waals surface area (Å²) in [6.07, 6.45) is 0.283. The Morgan fingerprint density at radius 3 is 2.61 bits per heavy atom. The zero-order chi connectivity index (χ0) is 16.2. The highest BCUT2D eigenvalue weighted by Gasteiger charge is 2.09. The molecule has 0 radical (unpaired) electrons. The Labute approximate surface area is 136 Å². The van der Waals surface area contributed by atoms with Gasteiger partial charge < -0.3 is 10.4 Å². The number of benzene rings is 2. The van der Waals surface area contributed by atoms with E-state index in [1.807, 2.05) is 43.3 Å². The largest absolute Gasteiger partial charge is 0.387 e. The van der Waals surface area contributed by atoms with Crippen LogP contribution in [0.25, 0.3) is 10.8 Å². The lowest BCUT2D eigenvalue weighted by atomic mass is 10.0. The molecular weight excluding hydrogens is 286 g/mol. The number of nitrogens with one attached hydrogen (secondary N) is 1. The minimum atomic E-state index is -0.583. The Balaban J connectivity index is 1.73. The van der Waals surface area contributed by atoms with E-state index in [1.54, 1.807) is 0 Å². The van der Waals surface area contributed by atoms with E-state index in [2.05, 4.69) is 34.3 Å². The van der Waals surface area contributed by atoms with Crippen molar-refractivity contribution in [3.05, 3.63) is 65.6 Å². The summed E-state index contributed by atoms with van der Waals surface area (Å²) in [6, 6.07) is 16.1. The van der Waals surface area contributed by atoms with Crippen LogP contribution in [0.2, 0.25) is 0 Å². The molecule has 3 aromatic rings. The lowest BCUT2D eigenvalue weighted by Gasteiger charge is -2.14. The third-order valence-corrected chi connectivity index (χ3v) is 3.89. The van der Waals surface area contributed by atoms with Crippen molar-refractivity contribution in [1.82, 2.24) is 9.97 Å². The molecule has 4 nitrogen and oxygen atoms in total. The maximum absolute atomic E-state index is 10.4. The number of hydrogen-bond acceptors (Lipinski definition) is 4. The van der Waals surface area contributed by atoms with E-state index >= 15 is 0 Å². The first-order valence-corrected chi connectivity index (χ1v) is 7.91. The second-order valence-electron chi connectivity index (χ2n) is 5.65. The minimum absolute atomic E-state index is 0.415.